The van der Waals surface area contributed by atoms with Gasteiger partial charge in [0, 0.05) is 11.8 Å². The van der Waals surface area contributed by atoms with Crippen LogP contribution in [-0.4, -0.2) is 26.7 Å². The van der Waals surface area contributed by atoms with Gasteiger partial charge >= 0.3 is 51.4 Å². The SMILES string of the molecule is Oc1ccccc1/C=N/c1nn[n-]n1.[K+]. The molecule has 0 aliphatic carbocycles. The van der Waals surface area contributed by atoms with Crippen molar-refractivity contribution in [2.75, 3.05) is 0 Å². The number of aromatic hydroxyl groups is 1. The van der Waals surface area contributed by atoms with Crippen LogP contribution in [0.3, 0.4) is 0 Å². The Bertz CT molecular complexity index is 442. The van der Waals surface area contributed by atoms with Crippen LogP contribution in [0.5, 0.6) is 5.75 Å². The summed E-state index contributed by atoms with van der Waals surface area (Å²) in [5, 5.41) is 22.9. The van der Waals surface area contributed by atoms with E-state index in [2.05, 4.69) is 25.6 Å². The topological polar surface area (TPSA) is 85.4 Å². The number of para-hydroxylation sites is 1. The fourth-order valence-corrected chi connectivity index (χ4v) is 0.916. The molecule has 0 aliphatic rings. The minimum atomic E-state index is 0. The summed E-state index contributed by atoms with van der Waals surface area (Å²) < 4.78 is 0. The zero-order valence-electron chi connectivity index (χ0n) is 8.07. The largest absolute Gasteiger partial charge is 1.00 e. The smallest absolute Gasteiger partial charge is 0.507 e. The van der Waals surface area contributed by atoms with Crippen LogP contribution < -0.4 is 56.6 Å². The van der Waals surface area contributed by atoms with Gasteiger partial charge in [0.1, 0.15) is 5.75 Å². The molecule has 0 bridgehead atoms. The first-order valence-corrected chi connectivity index (χ1v) is 3.87. The Balaban J connectivity index is 0.00000112. The molecule has 1 aromatic heterocycles. The Morgan fingerprint density at radius 3 is 2.80 bits per heavy atom. The quantitative estimate of drug-likeness (QED) is 0.445. The van der Waals surface area contributed by atoms with Gasteiger partial charge in [0.2, 0.25) is 0 Å². The molecule has 1 heterocycles. The van der Waals surface area contributed by atoms with Gasteiger partial charge < -0.3 is 10.2 Å². The van der Waals surface area contributed by atoms with Crippen LogP contribution in [0.2, 0.25) is 0 Å². The molecule has 2 rings (SSSR count). The standard InChI is InChI=1S/C8H6N5O.K/c14-7-4-2-1-3-6(7)5-9-8-10-12-13-11-8;/h1-5H,(H-,9,10,11,12,13,14);/q-1;+1. The molecule has 15 heavy (non-hydrogen) atoms. The van der Waals surface area contributed by atoms with Gasteiger partial charge in [-0.3, -0.25) is 10.4 Å². The van der Waals surface area contributed by atoms with Crippen LogP contribution >= 0.6 is 0 Å². The third-order valence-electron chi connectivity index (χ3n) is 1.56. The summed E-state index contributed by atoms with van der Waals surface area (Å²) in [6, 6.07) is 6.82. The third-order valence-corrected chi connectivity index (χ3v) is 1.56. The molecule has 0 atom stereocenters. The van der Waals surface area contributed by atoms with Crippen molar-refractivity contribution in [1.29, 1.82) is 0 Å². The number of tetrazole rings is 1. The molecule has 0 spiro atoms. The van der Waals surface area contributed by atoms with Crippen LogP contribution in [-0.2, 0) is 0 Å². The van der Waals surface area contributed by atoms with E-state index in [1.54, 1.807) is 24.3 Å². The second kappa shape index (κ2) is 6.08. The molecule has 0 unspecified atom stereocenters. The van der Waals surface area contributed by atoms with Gasteiger partial charge in [0.15, 0.2) is 5.95 Å². The van der Waals surface area contributed by atoms with Crippen molar-refractivity contribution in [1.82, 2.24) is 20.6 Å². The van der Waals surface area contributed by atoms with E-state index < -0.39 is 0 Å². The monoisotopic (exact) mass is 227 g/mol. The van der Waals surface area contributed by atoms with E-state index in [0.717, 1.165) is 0 Å². The van der Waals surface area contributed by atoms with Gasteiger partial charge in [-0.25, -0.2) is 10.1 Å². The predicted octanol–water partition coefficient (Wildman–Crippen LogP) is -2.71. The predicted molar refractivity (Wildman–Crippen MR) is 48.5 cm³/mol. The van der Waals surface area contributed by atoms with E-state index in [4.69, 9.17) is 0 Å². The number of aromatic nitrogens is 4. The summed E-state index contributed by atoms with van der Waals surface area (Å²) in [6.45, 7) is 0. The van der Waals surface area contributed by atoms with Crippen molar-refractivity contribution in [3.63, 3.8) is 0 Å². The fraction of sp³-hybridized carbons (Fsp3) is 0. The van der Waals surface area contributed by atoms with Gasteiger partial charge in [0.25, 0.3) is 0 Å². The minimum Gasteiger partial charge on any atom is -0.507 e. The normalized spacial score (nSPS) is 10.1. The number of nitrogens with zero attached hydrogens (tertiary/aromatic N) is 5. The molecule has 70 valence electrons. The molecule has 0 fully saturated rings. The Hall–Kier alpha value is -0.604. The molecule has 0 aliphatic heterocycles. The maximum absolute atomic E-state index is 9.38. The maximum atomic E-state index is 9.38. The third kappa shape index (κ3) is 3.47. The second-order valence-electron chi connectivity index (χ2n) is 2.50. The first kappa shape index (κ1) is 12.5. The van der Waals surface area contributed by atoms with Crippen molar-refractivity contribution < 1.29 is 56.5 Å². The van der Waals surface area contributed by atoms with E-state index in [1.165, 1.54) is 6.21 Å². The van der Waals surface area contributed by atoms with Crippen LogP contribution in [0.1, 0.15) is 5.56 Å². The summed E-state index contributed by atoms with van der Waals surface area (Å²) in [5.74, 6) is 0.331. The Labute approximate surface area is 128 Å². The number of phenols is 1. The Morgan fingerprint density at radius 1 is 1.33 bits per heavy atom. The van der Waals surface area contributed by atoms with Gasteiger partial charge in [-0.2, -0.15) is 0 Å². The van der Waals surface area contributed by atoms with Crippen molar-refractivity contribution in [2.24, 2.45) is 4.99 Å². The zero-order valence-corrected chi connectivity index (χ0v) is 11.2. The van der Waals surface area contributed by atoms with Gasteiger partial charge in [-0.15, -0.1) is 0 Å². The van der Waals surface area contributed by atoms with Crippen molar-refractivity contribution in [3.8, 4) is 5.75 Å². The molecule has 0 saturated heterocycles. The number of phenolic OH excluding ortho intramolecular Hbond substituents is 1. The van der Waals surface area contributed by atoms with Crippen LogP contribution in [0.4, 0.5) is 5.95 Å². The molecule has 0 saturated carbocycles. The van der Waals surface area contributed by atoms with E-state index in [9.17, 15) is 5.11 Å². The van der Waals surface area contributed by atoms with E-state index >= 15 is 0 Å². The summed E-state index contributed by atoms with van der Waals surface area (Å²) >= 11 is 0. The summed E-state index contributed by atoms with van der Waals surface area (Å²) in [4.78, 5) is 3.87. The minimum absolute atomic E-state index is 0. The van der Waals surface area contributed by atoms with Crippen molar-refractivity contribution in [3.05, 3.63) is 29.8 Å². The zero-order chi connectivity index (χ0) is 9.80. The molecule has 1 aromatic carbocycles. The molecule has 2 aromatic rings. The van der Waals surface area contributed by atoms with Crippen molar-refractivity contribution >= 4 is 12.2 Å². The van der Waals surface area contributed by atoms with Crippen LogP contribution in [0, 0.1) is 0 Å². The summed E-state index contributed by atoms with van der Waals surface area (Å²) in [6.07, 6.45) is 1.45. The summed E-state index contributed by atoms with van der Waals surface area (Å²) in [5.41, 5.74) is 0.595. The summed E-state index contributed by atoms with van der Waals surface area (Å²) in [7, 11) is 0. The first-order chi connectivity index (χ1) is 6.86. The number of aliphatic imine (C=N–C) groups is 1. The molecule has 0 amide bonds. The van der Waals surface area contributed by atoms with E-state index in [0.29, 0.717) is 5.56 Å². The maximum Gasteiger partial charge on any atom is 1.00 e. The van der Waals surface area contributed by atoms with Crippen molar-refractivity contribution in [2.45, 2.75) is 0 Å². The van der Waals surface area contributed by atoms with E-state index in [-0.39, 0.29) is 63.1 Å². The average molecular weight is 227 g/mol. The van der Waals surface area contributed by atoms with Crippen LogP contribution in [0.15, 0.2) is 29.3 Å². The second-order valence-corrected chi connectivity index (χ2v) is 2.50. The average Bonchev–Trinajstić information content (AvgIpc) is 2.69. The van der Waals surface area contributed by atoms with Gasteiger partial charge in [0.05, 0.1) is 0 Å². The molecular weight excluding hydrogens is 221 g/mol. The molecule has 6 nitrogen and oxygen atoms in total. The number of rotatable bonds is 2. The number of hydrogen-bond acceptors (Lipinski definition) is 5. The number of hydrogen-bond donors (Lipinski definition) is 1. The number of benzene rings is 1. The van der Waals surface area contributed by atoms with Gasteiger partial charge in [-0.05, 0) is 12.1 Å². The fourth-order valence-electron chi connectivity index (χ4n) is 0.916. The Morgan fingerprint density at radius 2 is 2.13 bits per heavy atom. The molecule has 7 heteroatoms. The van der Waals surface area contributed by atoms with E-state index in [1.807, 2.05) is 0 Å². The van der Waals surface area contributed by atoms with Gasteiger partial charge in [-0.1, -0.05) is 12.1 Å². The molecular formula is C8H6KN5O. The Kier molecular flexibility index (Phi) is 5.06. The molecule has 1 N–H and O–H groups in total. The van der Waals surface area contributed by atoms with Crippen LogP contribution in [0.25, 0.3) is 0 Å². The molecule has 0 radical (unpaired) electrons. The first-order valence-electron chi connectivity index (χ1n) is 3.87.